The van der Waals surface area contributed by atoms with Gasteiger partial charge in [0.25, 0.3) is 0 Å². The first-order chi connectivity index (χ1) is 14.3. The summed E-state index contributed by atoms with van der Waals surface area (Å²) >= 11 is 0. The van der Waals surface area contributed by atoms with E-state index >= 15 is 0 Å². The molecule has 0 bridgehead atoms. The topological polar surface area (TPSA) is 34.6 Å². The number of nitrogens with zero attached hydrogens (tertiary/aromatic N) is 2. The molecule has 0 amide bonds. The Morgan fingerprint density at radius 2 is 1.90 bits per heavy atom. The van der Waals surface area contributed by atoms with E-state index < -0.39 is 0 Å². The Bertz CT molecular complexity index is 1010. The summed E-state index contributed by atoms with van der Waals surface area (Å²) in [4.78, 5) is 6.48. The average Bonchev–Trinajstić information content (AvgIpc) is 3.23. The first-order valence-electron chi connectivity index (χ1n) is 10.1. The summed E-state index contributed by atoms with van der Waals surface area (Å²) in [6, 6.07) is 15.7. The summed E-state index contributed by atoms with van der Waals surface area (Å²) < 4.78 is 26.2. The largest absolute Gasteiger partial charge is 0.486 e. The van der Waals surface area contributed by atoms with E-state index in [0.717, 1.165) is 47.6 Å². The van der Waals surface area contributed by atoms with Crippen LogP contribution in [0.1, 0.15) is 30.0 Å². The molecular weight excluding hydrogens is 367 g/mol. The minimum absolute atomic E-state index is 0.167. The molecule has 1 aromatic heterocycles. The van der Waals surface area contributed by atoms with Crippen LogP contribution in [0.2, 0.25) is 0 Å². The zero-order chi connectivity index (χ0) is 19.6. The summed E-state index contributed by atoms with van der Waals surface area (Å²) in [7, 11) is 0. The number of ether oxygens (including phenoxy) is 2. The first kappa shape index (κ1) is 18.1. The second-order valence-corrected chi connectivity index (χ2v) is 7.58. The van der Waals surface area contributed by atoms with E-state index in [0.29, 0.717) is 19.8 Å². The predicted molar refractivity (Wildman–Crippen MR) is 109 cm³/mol. The van der Waals surface area contributed by atoms with Gasteiger partial charge in [-0.05, 0) is 54.8 Å². The molecule has 3 aromatic rings. The van der Waals surface area contributed by atoms with Crippen molar-refractivity contribution in [2.75, 3.05) is 19.8 Å². The van der Waals surface area contributed by atoms with Crippen LogP contribution in [0.15, 0.2) is 60.9 Å². The van der Waals surface area contributed by atoms with E-state index in [2.05, 4.69) is 22.0 Å². The summed E-state index contributed by atoms with van der Waals surface area (Å²) in [5.74, 6) is 1.45. The van der Waals surface area contributed by atoms with Crippen molar-refractivity contribution in [3.63, 3.8) is 0 Å². The molecule has 0 aliphatic carbocycles. The van der Waals surface area contributed by atoms with Gasteiger partial charge in [-0.2, -0.15) is 0 Å². The Kier molecular flexibility index (Phi) is 4.90. The molecule has 1 unspecified atom stereocenters. The van der Waals surface area contributed by atoms with Crippen molar-refractivity contribution in [1.29, 1.82) is 0 Å². The molecule has 0 radical (unpaired) electrons. The maximum absolute atomic E-state index is 14.9. The number of likely N-dealkylation sites (tertiary alicyclic amines) is 1. The minimum atomic E-state index is -0.167. The first-order valence-corrected chi connectivity index (χ1v) is 10.1. The van der Waals surface area contributed by atoms with Crippen LogP contribution in [0.25, 0.3) is 11.1 Å². The van der Waals surface area contributed by atoms with Crippen molar-refractivity contribution in [2.24, 2.45) is 0 Å². The van der Waals surface area contributed by atoms with Gasteiger partial charge in [-0.15, -0.1) is 0 Å². The number of pyridine rings is 1. The third-order valence-electron chi connectivity index (χ3n) is 5.74. The van der Waals surface area contributed by atoms with Crippen molar-refractivity contribution in [3.05, 3.63) is 77.9 Å². The molecular formula is C24H23FN2O2. The molecule has 0 spiro atoms. The van der Waals surface area contributed by atoms with Crippen LogP contribution in [-0.2, 0) is 6.54 Å². The fourth-order valence-corrected chi connectivity index (χ4v) is 4.27. The highest BCUT2D eigenvalue weighted by molar-refractivity contribution is 5.62. The van der Waals surface area contributed by atoms with E-state index in [1.54, 1.807) is 18.5 Å². The summed E-state index contributed by atoms with van der Waals surface area (Å²) in [6.07, 6.45) is 5.65. The maximum Gasteiger partial charge on any atom is 0.161 e. The Balaban J connectivity index is 1.36. The molecule has 1 saturated heterocycles. The second kappa shape index (κ2) is 7.84. The van der Waals surface area contributed by atoms with Gasteiger partial charge in [-0.1, -0.05) is 24.3 Å². The van der Waals surface area contributed by atoms with Crippen LogP contribution in [0, 0.1) is 5.82 Å². The normalized spacial score (nSPS) is 18.7. The molecule has 2 aliphatic rings. The minimum Gasteiger partial charge on any atom is -0.486 e. The quantitative estimate of drug-likeness (QED) is 0.628. The summed E-state index contributed by atoms with van der Waals surface area (Å²) in [5.41, 5.74) is 3.71. The van der Waals surface area contributed by atoms with E-state index in [1.807, 2.05) is 30.3 Å². The molecule has 2 aliphatic heterocycles. The van der Waals surface area contributed by atoms with Crippen molar-refractivity contribution >= 4 is 0 Å². The lowest BCUT2D eigenvalue weighted by Crippen LogP contribution is -2.23. The van der Waals surface area contributed by atoms with Crippen LogP contribution >= 0.6 is 0 Å². The monoisotopic (exact) mass is 390 g/mol. The van der Waals surface area contributed by atoms with Crippen LogP contribution in [0.4, 0.5) is 4.39 Å². The SMILES string of the molecule is Fc1cc(-c2cccnc2)ccc1CN1CCCC1c1ccc2c(c1)OCCO2. The Hall–Kier alpha value is -2.92. The lowest BCUT2D eigenvalue weighted by molar-refractivity contribution is 0.170. The van der Waals surface area contributed by atoms with Gasteiger partial charge in [0.2, 0.25) is 0 Å². The van der Waals surface area contributed by atoms with Gasteiger partial charge < -0.3 is 9.47 Å². The molecule has 29 heavy (non-hydrogen) atoms. The highest BCUT2D eigenvalue weighted by atomic mass is 19.1. The van der Waals surface area contributed by atoms with Crippen LogP contribution in [0.5, 0.6) is 11.5 Å². The molecule has 0 saturated carbocycles. The van der Waals surface area contributed by atoms with Gasteiger partial charge in [0.05, 0.1) is 0 Å². The fraction of sp³-hybridized carbons (Fsp3) is 0.292. The number of aromatic nitrogens is 1. The Labute approximate surface area is 169 Å². The molecule has 148 valence electrons. The Morgan fingerprint density at radius 3 is 2.72 bits per heavy atom. The van der Waals surface area contributed by atoms with Gasteiger partial charge in [0, 0.05) is 36.1 Å². The fourth-order valence-electron chi connectivity index (χ4n) is 4.27. The van der Waals surface area contributed by atoms with Crippen LogP contribution in [0.3, 0.4) is 0 Å². The van der Waals surface area contributed by atoms with E-state index in [1.165, 1.54) is 5.56 Å². The summed E-state index contributed by atoms with van der Waals surface area (Å²) in [6.45, 7) is 2.73. The zero-order valence-electron chi connectivity index (χ0n) is 16.2. The standard InChI is InChI=1S/C24H23FN2O2/c25-21-13-17(19-3-1-9-26-15-19)5-6-20(21)16-27-10-2-4-22(27)18-7-8-23-24(14-18)29-12-11-28-23/h1,3,5-9,13-15,22H,2,4,10-12,16H2. The summed E-state index contributed by atoms with van der Waals surface area (Å²) in [5, 5.41) is 0. The third kappa shape index (κ3) is 3.70. The van der Waals surface area contributed by atoms with E-state index in [-0.39, 0.29) is 11.9 Å². The van der Waals surface area contributed by atoms with Crippen molar-refractivity contribution in [2.45, 2.75) is 25.4 Å². The number of hydrogen-bond acceptors (Lipinski definition) is 4. The smallest absolute Gasteiger partial charge is 0.161 e. The van der Waals surface area contributed by atoms with Gasteiger partial charge in [-0.3, -0.25) is 9.88 Å². The van der Waals surface area contributed by atoms with Gasteiger partial charge in [0.15, 0.2) is 11.5 Å². The predicted octanol–water partition coefficient (Wildman–Crippen LogP) is 5.00. The molecule has 3 heterocycles. The van der Waals surface area contributed by atoms with E-state index in [4.69, 9.17) is 9.47 Å². The van der Waals surface area contributed by atoms with Gasteiger partial charge in [-0.25, -0.2) is 4.39 Å². The molecule has 5 heteroatoms. The van der Waals surface area contributed by atoms with Crippen LogP contribution < -0.4 is 9.47 Å². The highest BCUT2D eigenvalue weighted by Crippen LogP contribution is 2.39. The van der Waals surface area contributed by atoms with Crippen molar-refractivity contribution < 1.29 is 13.9 Å². The zero-order valence-corrected chi connectivity index (χ0v) is 16.2. The number of benzene rings is 2. The number of fused-ring (bicyclic) bond motifs is 1. The number of halogens is 1. The molecule has 2 aromatic carbocycles. The molecule has 0 N–H and O–H groups in total. The van der Waals surface area contributed by atoms with Crippen LogP contribution in [-0.4, -0.2) is 29.6 Å². The van der Waals surface area contributed by atoms with Gasteiger partial charge in [0.1, 0.15) is 19.0 Å². The maximum atomic E-state index is 14.9. The number of hydrogen-bond donors (Lipinski definition) is 0. The molecule has 1 atom stereocenters. The third-order valence-corrected chi connectivity index (χ3v) is 5.74. The van der Waals surface area contributed by atoms with E-state index in [9.17, 15) is 4.39 Å². The molecule has 5 rings (SSSR count). The van der Waals surface area contributed by atoms with Gasteiger partial charge >= 0.3 is 0 Å². The lowest BCUT2D eigenvalue weighted by Gasteiger charge is -2.27. The number of rotatable bonds is 4. The Morgan fingerprint density at radius 1 is 1.00 bits per heavy atom. The lowest BCUT2D eigenvalue weighted by atomic mass is 10.0. The highest BCUT2D eigenvalue weighted by Gasteiger charge is 2.28. The molecule has 1 fully saturated rings. The molecule has 4 nitrogen and oxygen atoms in total. The average molecular weight is 390 g/mol. The van der Waals surface area contributed by atoms with Crippen molar-refractivity contribution in [3.8, 4) is 22.6 Å². The second-order valence-electron chi connectivity index (χ2n) is 7.58. The van der Waals surface area contributed by atoms with Crippen molar-refractivity contribution in [1.82, 2.24) is 9.88 Å².